The number of para-hydroxylation sites is 1. The molecule has 2 N–H and O–H groups in total. The number of aromatic nitrogens is 2. The zero-order valence-corrected chi connectivity index (χ0v) is 11.5. The largest absolute Gasteiger partial charge is 0.505 e. The van der Waals surface area contributed by atoms with Crippen LogP contribution in [0.5, 0.6) is 5.75 Å². The molecule has 3 aromatic rings. The normalized spacial score (nSPS) is 11.5. The molecule has 0 fully saturated rings. The van der Waals surface area contributed by atoms with Gasteiger partial charge in [0.1, 0.15) is 5.76 Å². The number of azo groups is 1. The topological polar surface area (TPSA) is 104 Å². The van der Waals surface area contributed by atoms with Crippen LogP contribution in [-0.2, 0) is 0 Å². The molecule has 21 heavy (non-hydrogen) atoms. The van der Waals surface area contributed by atoms with E-state index in [1.807, 2.05) is 0 Å². The van der Waals surface area contributed by atoms with Crippen LogP contribution in [0.15, 0.2) is 43.8 Å². The van der Waals surface area contributed by atoms with Gasteiger partial charge in [-0.15, -0.1) is 10.2 Å². The van der Waals surface area contributed by atoms with Gasteiger partial charge in [0.05, 0.1) is 10.5 Å². The van der Waals surface area contributed by atoms with Crippen molar-refractivity contribution in [3.8, 4) is 5.75 Å². The van der Waals surface area contributed by atoms with E-state index in [9.17, 15) is 9.90 Å². The molecule has 0 atom stereocenters. The van der Waals surface area contributed by atoms with E-state index in [1.165, 1.54) is 0 Å². The zero-order valence-electron chi connectivity index (χ0n) is 10.8. The monoisotopic (exact) mass is 304 g/mol. The number of aromatic hydroxyl groups is 1. The van der Waals surface area contributed by atoms with Gasteiger partial charge in [-0.1, -0.05) is 22.8 Å². The van der Waals surface area contributed by atoms with E-state index in [-0.39, 0.29) is 17.3 Å². The van der Waals surface area contributed by atoms with Gasteiger partial charge in [-0.25, -0.2) is 0 Å². The minimum atomic E-state index is -0.600. The third-order valence-electron chi connectivity index (χ3n) is 2.81. The van der Waals surface area contributed by atoms with E-state index in [0.29, 0.717) is 21.7 Å². The van der Waals surface area contributed by atoms with E-state index in [1.54, 1.807) is 31.2 Å². The molecule has 7 nitrogen and oxygen atoms in total. The summed E-state index contributed by atoms with van der Waals surface area (Å²) in [6, 6.07) is 6.43. The number of aromatic amines is 1. The van der Waals surface area contributed by atoms with Crippen molar-refractivity contribution in [3.05, 3.63) is 45.4 Å². The minimum absolute atomic E-state index is 0.206. The maximum Gasteiger partial charge on any atom is 0.280 e. The number of fused-ring (bicyclic) bond motifs is 1. The van der Waals surface area contributed by atoms with Gasteiger partial charge >= 0.3 is 0 Å². The van der Waals surface area contributed by atoms with Crippen LogP contribution in [0.2, 0.25) is 5.02 Å². The van der Waals surface area contributed by atoms with Crippen molar-refractivity contribution >= 4 is 34.0 Å². The second-order valence-corrected chi connectivity index (χ2v) is 4.72. The fraction of sp³-hybridized carbons (Fsp3) is 0.0769. The Morgan fingerprint density at radius 3 is 2.90 bits per heavy atom. The van der Waals surface area contributed by atoms with Gasteiger partial charge in [0, 0.05) is 11.5 Å². The molecule has 3 rings (SSSR count). The van der Waals surface area contributed by atoms with Crippen LogP contribution in [-0.4, -0.2) is 15.2 Å². The van der Waals surface area contributed by atoms with Crippen molar-refractivity contribution in [3.63, 3.8) is 0 Å². The standard InChI is InChI=1S/C13H9ClN4O3/c1-6-5-9(18-21-6)16-17-11-12(19)7-3-2-4-8(14)10(7)15-13(11)20/h2-5H,1H3,(H2,15,19,20). The van der Waals surface area contributed by atoms with E-state index < -0.39 is 5.56 Å². The molecule has 0 aliphatic heterocycles. The Labute approximate surface area is 122 Å². The third kappa shape index (κ3) is 2.38. The van der Waals surface area contributed by atoms with Gasteiger partial charge < -0.3 is 14.6 Å². The van der Waals surface area contributed by atoms with Crippen molar-refractivity contribution in [1.82, 2.24) is 10.1 Å². The van der Waals surface area contributed by atoms with E-state index in [4.69, 9.17) is 16.1 Å². The van der Waals surface area contributed by atoms with Crippen LogP contribution in [0.25, 0.3) is 10.9 Å². The summed E-state index contributed by atoms with van der Waals surface area (Å²) in [7, 11) is 0. The molecule has 0 unspecified atom stereocenters. The fourth-order valence-corrected chi connectivity index (χ4v) is 2.07. The second kappa shape index (κ2) is 5.02. The molecule has 106 valence electrons. The molecule has 0 aliphatic carbocycles. The highest BCUT2D eigenvalue weighted by Gasteiger charge is 2.13. The average Bonchev–Trinajstić information content (AvgIpc) is 2.86. The average molecular weight is 305 g/mol. The van der Waals surface area contributed by atoms with Gasteiger partial charge in [-0.05, 0) is 19.1 Å². The maximum atomic E-state index is 12.0. The van der Waals surface area contributed by atoms with Crippen LogP contribution in [0, 0.1) is 6.92 Å². The van der Waals surface area contributed by atoms with Gasteiger partial charge in [-0.2, -0.15) is 0 Å². The van der Waals surface area contributed by atoms with Crippen LogP contribution >= 0.6 is 11.6 Å². The summed E-state index contributed by atoms with van der Waals surface area (Å²) in [6.45, 7) is 1.70. The first kappa shape index (κ1) is 13.3. The first-order valence-corrected chi connectivity index (χ1v) is 6.32. The Balaban J connectivity index is 2.15. The van der Waals surface area contributed by atoms with Gasteiger partial charge in [0.2, 0.25) is 5.82 Å². The number of benzene rings is 1. The first-order valence-electron chi connectivity index (χ1n) is 5.95. The van der Waals surface area contributed by atoms with Gasteiger partial charge in [0.15, 0.2) is 11.4 Å². The molecule has 0 bridgehead atoms. The third-order valence-corrected chi connectivity index (χ3v) is 3.13. The molecular weight excluding hydrogens is 296 g/mol. The number of H-pyrrole nitrogens is 1. The fourth-order valence-electron chi connectivity index (χ4n) is 1.85. The summed E-state index contributed by atoms with van der Waals surface area (Å²) in [5, 5.41) is 22.0. The number of pyridine rings is 1. The summed E-state index contributed by atoms with van der Waals surface area (Å²) in [4.78, 5) is 14.5. The summed E-state index contributed by atoms with van der Waals surface area (Å²) in [5.41, 5.74) is -0.472. The lowest BCUT2D eigenvalue weighted by Gasteiger charge is -2.04. The van der Waals surface area contributed by atoms with Crippen molar-refractivity contribution in [2.75, 3.05) is 0 Å². The van der Waals surface area contributed by atoms with Crippen LogP contribution in [0.1, 0.15) is 5.76 Å². The molecule has 0 saturated carbocycles. The minimum Gasteiger partial charge on any atom is -0.505 e. The molecule has 0 aliphatic rings. The lowest BCUT2D eigenvalue weighted by atomic mass is 10.2. The van der Waals surface area contributed by atoms with Crippen molar-refractivity contribution in [2.24, 2.45) is 10.2 Å². The number of nitrogens with zero attached hydrogens (tertiary/aromatic N) is 3. The molecule has 8 heteroatoms. The van der Waals surface area contributed by atoms with E-state index >= 15 is 0 Å². The molecule has 2 heterocycles. The predicted molar refractivity (Wildman–Crippen MR) is 76.7 cm³/mol. The summed E-state index contributed by atoms with van der Waals surface area (Å²) >= 11 is 5.97. The molecular formula is C13H9ClN4O3. The number of nitrogens with one attached hydrogen (secondary N) is 1. The smallest absolute Gasteiger partial charge is 0.280 e. The molecule has 0 radical (unpaired) electrons. The molecule has 0 saturated heterocycles. The Bertz CT molecular complexity index is 913. The van der Waals surface area contributed by atoms with Crippen LogP contribution in [0.3, 0.4) is 0 Å². The lowest BCUT2D eigenvalue weighted by Crippen LogP contribution is -2.05. The Morgan fingerprint density at radius 1 is 1.38 bits per heavy atom. The van der Waals surface area contributed by atoms with Crippen molar-refractivity contribution in [1.29, 1.82) is 0 Å². The molecule has 2 aromatic heterocycles. The second-order valence-electron chi connectivity index (χ2n) is 4.31. The highest BCUT2D eigenvalue weighted by molar-refractivity contribution is 6.35. The Hall–Kier alpha value is -2.67. The Kier molecular flexibility index (Phi) is 3.19. The number of hydrogen-bond donors (Lipinski definition) is 2. The Morgan fingerprint density at radius 2 is 2.19 bits per heavy atom. The van der Waals surface area contributed by atoms with Crippen LogP contribution < -0.4 is 5.56 Å². The molecule has 1 aromatic carbocycles. The summed E-state index contributed by atoms with van der Waals surface area (Å²) < 4.78 is 4.83. The number of aryl methyl sites for hydroxylation is 1. The van der Waals surface area contributed by atoms with Crippen LogP contribution in [0.4, 0.5) is 11.5 Å². The van der Waals surface area contributed by atoms with Gasteiger partial charge in [0.25, 0.3) is 5.56 Å². The quantitative estimate of drug-likeness (QED) is 0.706. The predicted octanol–water partition coefficient (Wildman–Crippen LogP) is 3.60. The summed E-state index contributed by atoms with van der Waals surface area (Å²) in [6.07, 6.45) is 0. The SMILES string of the molecule is Cc1cc(N=Nc2c(O)c3cccc(Cl)c3[nH]c2=O)no1. The lowest BCUT2D eigenvalue weighted by molar-refractivity contribution is 0.399. The summed E-state index contributed by atoms with van der Waals surface area (Å²) in [5.74, 6) is 0.477. The van der Waals surface area contributed by atoms with Crippen molar-refractivity contribution in [2.45, 2.75) is 6.92 Å². The van der Waals surface area contributed by atoms with Gasteiger partial charge in [-0.3, -0.25) is 4.79 Å². The highest BCUT2D eigenvalue weighted by atomic mass is 35.5. The number of rotatable bonds is 2. The van der Waals surface area contributed by atoms with E-state index in [2.05, 4.69) is 20.4 Å². The number of hydrogen-bond acceptors (Lipinski definition) is 6. The highest BCUT2D eigenvalue weighted by Crippen LogP contribution is 2.33. The number of halogens is 1. The first-order chi connectivity index (χ1) is 10.1. The maximum absolute atomic E-state index is 12.0. The van der Waals surface area contributed by atoms with Crippen molar-refractivity contribution < 1.29 is 9.63 Å². The molecule has 0 spiro atoms. The molecule has 0 amide bonds. The van der Waals surface area contributed by atoms with E-state index in [0.717, 1.165) is 0 Å². The zero-order chi connectivity index (χ0) is 15.0.